The number of ketones is 1. The molecule has 1 aromatic carbocycles. The molecule has 76 valence electrons. The van der Waals surface area contributed by atoms with Crippen molar-refractivity contribution in [3.8, 4) is 0 Å². The van der Waals surface area contributed by atoms with Gasteiger partial charge in [0, 0.05) is 22.7 Å². The van der Waals surface area contributed by atoms with Gasteiger partial charge in [-0.3, -0.25) is 4.79 Å². The number of H-pyrrole nitrogens is 1. The second-order valence-corrected chi connectivity index (χ2v) is 3.44. The summed E-state index contributed by atoms with van der Waals surface area (Å²) in [6, 6.07) is 4.58. The molecule has 1 aromatic heterocycles. The Morgan fingerprint density at radius 1 is 1.33 bits per heavy atom. The van der Waals surface area contributed by atoms with Crippen LogP contribution in [0.25, 0.3) is 10.9 Å². The van der Waals surface area contributed by atoms with Crippen molar-refractivity contribution in [1.82, 2.24) is 4.98 Å². The molecule has 0 saturated heterocycles. The van der Waals surface area contributed by atoms with Crippen LogP contribution in [0.2, 0.25) is 5.02 Å². The number of aromatic amines is 1. The molecule has 5 heteroatoms. The molecule has 0 spiro atoms. The van der Waals surface area contributed by atoms with Crippen LogP contribution in [0.15, 0.2) is 24.4 Å². The summed E-state index contributed by atoms with van der Waals surface area (Å²) in [6.07, 6.45) is 1.67. The quantitative estimate of drug-likeness (QED) is 0.605. The number of carboxylic acids is 1. The predicted octanol–water partition coefficient (Wildman–Crippen LogP) is 2.09. The van der Waals surface area contributed by atoms with Crippen LogP contribution >= 0.6 is 11.6 Å². The average Bonchev–Trinajstić information content (AvgIpc) is 2.64. The molecule has 0 amide bonds. The van der Waals surface area contributed by atoms with E-state index >= 15 is 0 Å². The number of aliphatic carboxylic acids is 1. The molecule has 2 N–H and O–H groups in total. The number of carbonyl (C=O) groups is 2. The number of halogens is 1. The van der Waals surface area contributed by atoms with Crippen molar-refractivity contribution in [3.05, 3.63) is 35.0 Å². The monoisotopic (exact) mass is 223 g/mol. The Hall–Kier alpha value is -1.81. The number of carbonyl (C=O) groups excluding carboxylic acids is 1. The van der Waals surface area contributed by atoms with Crippen LogP contribution in [0.4, 0.5) is 0 Å². The second kappa shape index (κ2) is 3.40. The van der Waals surface area contributed by atoms with Gasteiger partial charge in [-0.05, 0) is 18.2 Å². The third-order valence-electron chi connectivity index (χ3n) is 2.07. The number of rotatable bonds is 2. The van der Waals surface area contributed by atoms with E-state index in [1.807, 2.05) is 0 Å². The predicted molar refractivity (Wildman–Crippen MR) is 55.3 cm³/mol. The van der Waals surface area contributed by atoms with Crippen molar-refractivity contribution in [3.63, 3.8) is 0 Å². The van der Waals surface area contributed by atoms with Crippen LogP contribution in [0.3, 0.4) is 0 Å². The zero-order valence-corrected chi connectivity index (χ0v) is 8.21. The molecule has 0 aliphatic heterocycles. The summed E-state index contributed by atoms with van der Waals surface area (Å²) in [7, 11) is 0. The first-order valence-corrected chi connectivity index (χ1v) is 4.51. The van der Waals surface area contributed by atoms with Crippen LogP contribution in [0.1, 0.15) is 10.4 Å². The topological polar surface area (TPSA) is 70.2 Å². The van der Waals surface area contributed by atoms with Crippen LogP contribution in [0, 0.1) is 0 Å². The van der Waals surface area contributed by atoms with Crippen molar-refractivity contribution < 1.29 is 14.7 Å². The lowest BCUT2D eigenvalue weighted by Gasteiger charge is -1.99. The first-order valence-electron chi connectivity index (χ1n) is 4.14. The Labute approximate surface area is 89.5 Å². The van der Waals surface area contributed by atoms with Gasteiger partial charge in [0.2, 0.25) is 0 Å². The van der Waals surface area contributed by atoms with Crippen molar-refractivity contribution >= 4 is 34.3 Å². The number of nitrogens with one attached hydrogen (secondary N) is 1. The fourth-order valence-electron chi connectivity index (χ4n) is 1.38. The fourth-order valence-corrected chi connectivity index (χ4v) is 1.66. The molecule has 0 atom stereocenters. The molecule has 2 aromatic rings. The highest BCUT2D eigenvalue weighted by atomic mass is 35.5. The van der Waals surface area contributed by atoms with Gasteiger partial charge in [-0.25, -0.2) is 4.79 Å². The van der Waals surface area contributed by atoms with E-state index < -0.39 is 11.8 Å². The maximum absolute atomic E-state index is 11.2. The van der Waals surface area contributed by atoms with Crippen LogP contribution < -0.4 is 0 Å². The summed E-state index contributed by atoms with van der Waals surface area (Å²) in [5, 5.41) is 9.67. The molecule has 0 unspecified atom stereocenters. The van der Waals surface area contributed by atoms with E-state index in [9.17, 15) is 9.59 Å². The highest BCUT2D eigenvalue weighted by Gasteiger charge is 2.16. The van der Waals surface area contributed by atoms with Gasteiger partial charge in [-0.2, -0.15) is 0 Å². The van der Waals surface area contributed by atoms with Gasteiger partial charge < -0.3 is 10.1 Å². The van der Waals surface area contributed by atoms with Gasteiger partial charge in [-0.1, -0.05) is 11.6 Å². The van der Waals surface area contributed by atoms with E-state index in [0.717, 1.165) is 5.39 Å². The highest BCUT2D eigenvalue weighted by molar-refractivity contribution is 6.42. The summed E-state index contributed by atoms with van der Waals surface area (Å²) < 4.78 is 0. The standard InChI is InChI=1S/C10H6ClNO3/c11-7-3-5(9(13)10(14)15)4-8-6(7)1-2-12-8/h1-4,12H,(H,14,15). The Morgan fingerprint density at radius 3 is 2.73 bits per heavy atom. The van der Waals surface area contributed by atoms with E-state index in [1.165, 1.54) is 12.1 Å². The second-order valence-electron chi connectivity index (χ2n) is 3.03. The Bertz CT molecular complexity index is 559. The first-order chi connectivity index (χ1) is 7.09. The van der Waals surface area contributed by atoms with Gasteiger partial charge in [0.15, 0.2) is 0 Å². The maximum Gasteiger partial charge on any atom is 0.377 e. The lowest BCUT2D eigenvalue weighted by molar-refractivity contribution is -0.131. The first kappa shape index (κ1) is 9.73. The Morgan fingerprint density at radius 2 is 2.07 bits per heavy atom. The van der Waals surface area contributed by atoms with E-state index in [-0.39, 0.29) is 5.56 Å². The lowest BCUT2D eigenvalue weighted by Crippen LogP contribution is -2.12. The SMILES string of the molecule is O=C(O)C(=O)c1cc(Cl)c2cc[nH]c2c1. The molecule has 4 nitrogen and oxygen atoms in total. The summed E-state index contributed by atoms with van der Waals surface area (Å²) in [5.41, 5.74) is 0.717. The molecule has 0 aliphatic carbocycles. The zero-order valence-electron chi connectivity index (χ0n) is 7.45. The third kappa shape index (κ3) is 1.59. The van der Waals surface area contributed by atoms with Crippen LogP contribution in [0.5, 0.6) is 0 Å². The lowest BCUT2D eigenvalue weighted by atomic mass is 10.1. The molecule has 0 aliphatic rings. The molecule has 0 radical (unpaired) electrons. The third-order valence-corrected chi connectivity index (χ3v) is 2.39. The van der Waals surface area contributed by atoms with Gasteiger partial charge in [0.25, 0.3) is 5.78 Å². The van der Waals surface area contributed by atoms with Crippen molar-refractivity contribution in [2.75, 3.05) is 0 Å². The normalized spacial score (nSPS) is 10.5. The van der Waals surface area contributed by atoms with E-state index in [0.29, 0.717) is 10.5 Å². The summed E-state index contributed by atoms with van der Waals surface area (Å²) in [6.45, 7) is 0. The minimum absolute atomic E-state index is 0.0717. The van der Waals surface area contributed by atoms with Crippen molar-refractivity contribution in [1.29, 1.82) is 0 Å². The van der Waals surface area contributed by atoms with E-state index in [4.69, 9.17) is 16.7 Å². The number of benzene rings is 1. The van der Waals surface area contributed by atoms with Gasteiger partial charge >= 0.3 is 5.97 Å². The largest absolute Gasteiger partial charge is 0.475 e. The smallest absolute Gasteiger partial charge is 0.377 e. The molecule has 0 saturated carbocycles. The molecule has 15 heavy (non-hydrogen) atoms. The highest BCUT2D eigenvalue weighted by Crippen LogP contribution is 2.24. The zero-order chi connectivity index (χ0) is 11.0. The van der Waals surface area contributed by atoms with E-state index in [2.05, 4.69) is 4.98 Å². The molecular formula is C10H6ClNO3. The van der Waals surface area contributed by atoms with Crippen LogP contribution in [-0.4, -0.2) is 21.8 Å². The summed E-state index contributed by atoms with van der Waals surface area (Å²) in [4.78, 5) is 24.5. The number of aromatic nitrogens is 1. The maximum atomic E-state index is 11.2. The van der Waals surface area contributed by atoms with E-state index in [1.54, 1.807) is 12.3 Å². The van der Waals surface area contributed by atoms with Gasteiger partial charge in [0.1, 0.15) is 0 Å². The summed E-state index contributed by atoms with van der Waals surface area (Å²) in [5.74, 6) is -2.45. The Balaban J connectivity index is 2.63. The number of fused-ring (bicyclic) bond motifs is 1. The number of hydrogen-bond acceptors (Lipinski definition) is 2. The number of Topliss-reactive ketones (excluding diaryl/α,β-unsaturated/α-hetero) is 1. The van der Waals surface area contributed by atoms with Crippen molar-refractivity contribution in [2.45, 2.75) is 0 Å². The average molecular weight is 224 g/mol. The minimum atomic E-state index is -1.49. The fraction of sp³-hybridized carbons (Fsp3) is 0. The van der Waals surface area contributed by atoms with Crippen LogP contribution in [-0.2, 0) is 4.79 Å². The van der Waals surface area contributed by atoms with Gasteiger partial charge in [-0.15, -0.1) is 0 Å². The molecule has 2 rings (SSSR count). The summed E-state index contributed by atoms with van der Waals surface area (Å²) >= 11 is 5.89. The minimum Gasteiger partial charge on any atom is -0.475 e. The number of carboxylic acid groups (broad SMARTS) is 1. The van der Waals surface area contributed by atoms with Gasteiger partial charge in [0.05, 0.1) is 5.02 Å². The molecule has 0 fully saturated rings. The molecule has 1 heterocycles. The molecular weight excluding hydrogens is 218 g/mol. The number of hydrogen-bond donors (Lipinski definition) is 2. The molecule has 0 bridgehead atoms. The Kier molecular flexibility index (Phi) is 2.21. The van der Waals surface area contributed by atoms with Crippen molar-refractivity contribution in [2.24, 2.45) is 0 Å².